The molecule has 0 saturated carbocycles. The molecule has 140 valence electrons. The minimum atomic E-state index is -0.485. The van der Waals surface area contributed by atoms with E-state index in [4.69, 9.17) is 14.5 Å². The number of carbonyl (C=O) groups is 1. The molecule has 1 spiro atoms. The number of amides is 1. The van der Waals surface area contributed by atoms with Crippen molar-refractivity contribution in [3.8, 4) is 0 Å². The van der Waals surface area contributed by atoms with Crippen LogP contribution < -0.4 is 0 Å². The molecule has 1 unspecified atom stereocenters. The molecule has 1 aromatic rings. The average Bonchev–Trinajstić information content (AvgIpc) is 3.30. The van der Waals surface area contributed by atoms with Gasteiger partial charge in [0.25, 0.3) is 5.91 Å². The smallest absolute Gasteiger partial charge is 0.268 e. The van der Waals surface area contributed by atoms with Crippen LogP contribution in [-0.4, -0.2) is 59.8 Å². The van der Waals surface area contributed by atoms with Crippen molar-refractivity contribution < 1.29 is 18.7 Å². The van der Waals surface area contributed by atoms with Gasteiger partial charge >= 0.3 is 0 Å². The summed E-state index contributed by atoms with van der Waals surface area (Å²) >= 11 is 1.38. The molecule has 8 heteroatoms. The summed E-state index contributed by atoms with van der Waals surface area (Å²) in [6.07, 6.45) is 1.44. The maximum absolute atomic E-state index is 13.6. The number of rotatable bonds is 1. The van der Waals surface area contributed by atoms with Gasteiger partial charge in [-0.1, -0.05) is 12.1 Å². The number of benzene rings is 1. The summed E-state index contributed by atoms with van der Waals surface area (Å²) in [4.78, 5) is 23.5. The van der Waals surface area contributed by atoms with Crippen molar-refractivity contribution in [3.05, 3.63) is 41.1 Å². The van der Waals surface area contributed by atoms with Crippen molar-refractivity contribution in [1.29, 1.82) is 0 Å². The highest BCUT2D eigenvalue weighted by Crippen LogP contribution is 2.38. The van der Waals surface area contributed by atoms with Crippen molar-refractivity contribution >= 4 is 34.9 Å². The quantitative estimate of drug-likeness (QED) is 0.741. The standard InChI is InChI=1S/C19H18FN3O3S/c20-13-3-1-2-12(10-13)14-11-27-16-15(14)21-18(22-17(16)24)23-6-4-19(5-7-23)25-8-9-26-19/h1-3,10-11,16H,4-9H2. The first kappa shape index (κ1) is 17.1. The maximum atomic E-state index is 13.6. The Morgan fingerprint density at radius 3 is 2.70 bits per heavy atom. The molecule has 4 heterocycles. The molecule has 2 fully saturated rings. The van der Waals surface area contributed by atoms with Crippen molar-refractivity contribution in [1.82, 2.24) is 4.90 Å². The zero-order chi connectivity index (χ0) is 18.4. The molecule has 0 N–H and O–H groups in total. The number of guanidine groups is 1. The Labute approximate surface area is 160 Å². The molecule has 4 aliphatic heterocycles. The number of likely N-dealkylation sites (tertiary alicyclic amines) is 1. The third kappa shape index (κ3) is 3.01. The first-order valence-electron chi connectivity index (χ1n) is 9.00. The number of piperidine rings is 1. The second-order valence-corrected chi connectivity index (χ2v) is 7.88. The summed E-state index contributed by atoms with van der Waals surface area (Å²) in [6.45, 7) is 2.59. The molecule has 27 heavy (non-hydrogen) atoms. The molecule has 4 aliphatic rings. The predicted molar refractivity (Wildman–Crippen MR) is 101 cm³/mol. The van der Waals surface area contributed by atoms with Crippen LogP contribution in [0.5, 0.6) is 0 Å². The molecule has 1 aromatic carbocycles. The van der Waals surface area contributed by atoms with Crippen LogP contribution in [0.2, 0.25) is 0 Å². The van der Waals surface area contributed by atoms with Crippen LogP contribution in [0.4, 0.5) is 4.39 Å². The number of carbonyl (C=O) groups excluding carboxylic acids is 1. The fourth-order valence-electron chi connectivity index (χ4n) is 3.83. The second-order valence-electron chi connectivity index (χ2n) is 6.90. The average molecular weight is 387 g/mol. The highest BCUT2D eigenvalue weighted by molar-refractivity contribution is 8.05. The zero-order valence-corrected chi connectivity index (χ0v) is 15.4. The maximum Gasteiger partial charge on any atom is 0.268 e. The lowest BCUT2D eigenvalue weighted by atomic mass is 9.99. The van der Waals surface area contributed by atoms with Crippen molar-refractivity contribution in [2.45, 2.75) is 23.9 Å². The third-order valence-electron chi connectivity index (χ3n) is 5.26. The van der Waals surface area contributed by atoms with Gasteiger partial charge in [0.05, 0.1) is 18.9 Å². The van der Waals surface area contributed by atoms with E-state index in [0.717, 1.165) is 24.0 Å². The lowest BCUT2D eigenvalue weighted by molar-refractivity contribution is -0.180. The molecule has 0 bridgehead atoms. The fourth-order valence-corrected chi connectivity index (χ4v) is 4.84. The minimum absolute atomic E-state index is 0.212. The number of nitrogens with zero attached hydrogens (tertiary/aromatic N) is 3. The lowest BCUT2D eigenvalue weighted by Gasteiger charge is -2.38. The zero-order valence-electron chi connectivity index (χ0n) is 14.6. The van der Waals surface area contributed by atoms with Crippen LogP contribution >= 0.6 is 11.8 Å². The molecule has 5 rings (SSSR count). The van der Waals surface area contributed by atoms with Crippen LogP contribution in [-0.2, 0) is 14.3 Å². The Balaban J connectivity index is 1.40. The summed E-state index contributed by atoms with van der Waals surface area (Å²) in [5.41, 5.74) is 2.18. The number of fused-ring (bicyclic) bond motifs is 1. The van der Waals surface area contributed by atoms with Gasteiger partial charge < -0.3 is 14.4 Å². The van der Waals surface area contributed by atoms with Gasteiger partial charge in [-0.3, -0.25) is 4.79 Å². The van der Waals surface area contributed by atoms with Gasteiger partial charge in [-0.15, -0.1) is 11.8 Å². The largest absolute Gasteiger partial charge is 0.347 e. The SMILES string of the molecule is O=C1N=C(N2CCC3(CC2)OCCO3)N=C2C(c3cccc(F)c3)=CSC12. The van der Waals surface area contributed by atoms with E-state index in [-0.39, 0.29) is 11.7 Å². The summed E-state index contributed by atoms with van der Waals surface area (Å²) in [6, 6.07) is 6.36. The van der Waals surface area contributed by atoms with Crippen LogP contribution in [0.1, 0.15) is 18.4 Å². The summed E-state index contributed by atoms with van der Waals surface area (Å²) in [5, 5.41) is 1.43. The highest BCUT2D eigenvalue weighted by atomic mass is 32.2. The van der Waals surface area contributed by atoms with Gasteiger partial charge in [-0.2, -0.15) is 4.99 Å². The number of aliphatic imine (C=N–C) groups is 2. The van der Waals surface area contributed by atoms with Crippen molar-refractivity contribution in [2.24, 2.45) is 9.98 Å². The molecule has 0 aromatic heterocycles. The minimum Gasteiger partial charge on any atom is -0.347 e. The molecular formula is C19H18FN3O3S. The number of hydrogen-bond acceptors (Lipinski definition) is 6. The number of allylic oxidation sites excluding steroid dienone is 1. The van der Waals surface area contributed by atoms with Gasteiger partial charge in [-0.25, -0.2) is 9.38 Å². The highest BCUT2D eigenvalue weighted by Gasteiger charge is 2.42. The van der Waals surface area contributed by atoms with E-state index < -0.39 is 11.0 Å². The number of halogens is 1. The Bertz CT molecular complexity index is 882. The van der Waals surface area contributed by atoms with E-state index in [1.807, 2.05) is 16.4 Å². The first-order valence-corrected chi connectivity index (χ1v) is 9.94. The van der Waals surface area contributed by atoms with Crippen molar-refractivity contribution in [3.63, 3.8) is 0 Å². The van der Waals surface area contributed by atoms with Gasteiger partial charge in [0, 0.05) is 31.5 Å². The molecule has 6 nitrogen and oxygen atoms in total. The van der Waals surface area contributed by atoms with E-state index in [2.05, 4.69) is 4.99 Å². The van der Waals surface area contributed by atoms with Crippen LogP contribution in [0.25, 0.3) is 5.57 Å². The number of thioether (sulfide) groups is 1. The molecule has 0 radical (unpaired) electrons. The van der Waals surface area contributed by atoms with Crippen LogP contribution in [0, 0.1) is 5.82 Å². The molecule has 0 aliphatic carbocycles. The van der Waals surface area contributed by atoms with Gasteiger partial charge in [0.15, 0.2) is 5.79 Å². The van der Waals surface area contributed by atoms with E-state index >= 15 is 0 Å². The van der Waals surface area contributed by atoms with Gasteiger partial charge in [0.1, 0.15) is 11.1 Å². The molecule has 1 atom stereocenters. The third-order valence-corrected chi connectivity index (χ3v) is 6.33. The van der Waals surface area contributed by atoms with Crippen molar-refractivity contribution in [2.75, 3.05) is 26.3 Å². The van der Waals surface area contributed by atoms with Gasteiger partial charge in [-0.05, 0) is 23.1 Å². The Morgan fingerprint density at radius 1 is 1.19 bits per heavy atom. The second kappa shape index (κ2) is 6.54. The van der Waals surface area contributed by atoms with E-state index in [9.17, 15) is 9.18 Å². The topological polar surface area (TPSA) is 63.5 Å². The summed E-state index contributed by atoms with van der Waals surface area (Å²) < 4.78 is 25.1. The van der Waals surface area contributed by atoms with E-state index in [0.29, 0.717) is 38.0 Å². The lowest BCUT2D eigenvalue weighted by Crippen LogP contribution is -2.48. The van der Waals surface area contributed by atoms with E-state index in [1.54, 1.807) is 6.07 Å². The Morgan fingerprint density at radius 2 is 1.96 bits per heavy atom. The Kier molecular flexibility index (Phi) is 4.14. The fraction of sp³-hybridized carbons (Fsp3) is 0.421. The van der Waals surface area contributed by atoms with Crippen LogP contribution in [0.15, 0.2) is 39.7 Å². The molecular weight excluding hydrogens is 369 g/mol. The normalized spacial score (nSPS) is 26.7. The summed E-state index contributed by atoms with van der Waals surface area (Å²) in [5.74, 6) is -0.571. The predicted octanol–water partition coefficient (Wildman–Crippen LogP) is 2.46. The first-order chi connectivity index (χ1) is 13.1. The molecule has 1 amide bonds. The van der Waals surface area contributed by atoms with Gasteiger partial charge in [0.2, 0.25) is 5.96 Å². The van der Waals surface area contributed by atoms with Crippen LogP contribution in [0.3, 0.4) is 0 Å². The number of hydrogen-bond donors (Lipinski definition) is 0. The number of ether oxygens (including phenoxy) is 2. The van der Waals surface area contributed by atoms with E-state index in [1.165, 1.54) is 23.9 Å². The monoisotopic (exact) mass is 387 g/mol. The Hall–Kier alpha value is -2.03. The summed E-state index contributed by atoms with van der Waals surface area (Å²) in [7, 11) is 0. The molecule has 2 saturated heterocycles.